The van der Waals surface area contributed by atoms with Crippen LogP contribution in [0.2, 0.25) is 0 Å². The number of ether oxygens (including phenoxy) is 1. The summed E-state index contributed by atoms with van der Waals surface area (Å²) in [5, 5.41) is 3.40. The van der Waals surface area contributed by atoms with Gasteiger partial charge in [-0.15, -0.1) is 11.3 Å². The van der Waals surface area contributed by atoms with Gasteiger partial charge in [0.1, 0.15) is 10.8 Å². The number of nitrogens with two attached hydrogens (primary N) is 1. The lowest BCUT2D eigenvalue weighted by molar-refractivity contribution is -0.118. The number of hydrogen-bond donors (Lipinski definition) is 2. The van der Waals surface area contributed by atoms with Crippen molar-refractivity contribution in [1.82, 2.24) is 0 Å². The van der Waals surface area contributed by atoms with Crippen molar-refractivity contribution < 1.29 is 14.3 Å². The second-order valence-electron chi connectivity index (χ2n) is 7.95. The molecule has 28 heavy (non-hydrogen) atoms. The minimum Gasteiger partial charge on any atom is -0.483 e. The average molecular weight is 401 g/mol. The zero-order valence-corrected chi connectivity index (χ0v) is 17.7. The number of carbonyl (C=O) groups is 2. The second kappa shape index (κ2) is 8.35. The zero-order valence-electron chi connectivity index (χ0n) is 16.9. The first-order valence-corrected chi connectivity index (χ1v) is 10.6. The Morgan fingerprint density at radius 1 is 1.36 bits per heavy atom. The molecule has 3 N–H and O–H groups in total. The van der Waals surface area contributed by atoms with Gasteiger partial charge >= 0.3 is 0 Å². The first-order chi connectivity index (χ1) is 13.3. The van der Waals surface area contributed by atoms with Gasteiger partial charge in [0.05, 0.1) is 5.56 Å². The third kappa shape index (κ3) is 4.38. The van der Waals surface area contributed by atoms with Crippen LogP contribution in [0.1, 0.15) is 65.0 Å². The standard InChI is InChI=1S/C22H28N2O3S/c1-12(2)15-7-5-13(3)9-17(15)27-11-19(25)24-22-20(21(23)26)16-8-6-14(4)10-18(16)28-22/h5,7,9,12,14H,6,8,10-11H2,1-4H3,(H2,23,26)(H,24,25)/t14-/m0/s1. The fourth-order valence-corrected chi connectivity index (χ4v) is 5.08. The topological polar surface area (TPSA) is 81.4 Å². The van der Waals surface area contributed by atoms with E-state index >= 15 is 0 Å². The van der Waals surface area contributed by atoms with Gasteiger partial charge in [0.25, 0.3) is 11.8 Å². The third-order valence-electron chi connectivity index (χ3n) is 5.16. The van der Waals surface area contributed by atoms with Crippen LogP contribution in [0.3, 0.4) is 0 Å². The Bertz CT molecular complexity index is 901. The maximum atomic E-state index is 12.5. The van der Waals surface area contributed by atoms with Gasteiger partial charge in [-0.25, -0.2) is 0 Å². The molecule has 2 aromatic rings. The van der Waals surface area contributed by atoms with E-state index in [9.17, 15) is 9.59 Å². The summed E-state index contributed by atoms with van der Waals surface area (Å²) in [5.74, 6) is 0.828. The number of anilines is 1. The van der Waals surface area contributed by atoms with Crippen LogP contribution >= 0.6 is 11.3 Å². The van der Waals surface area contributed by atoms with Crippen LogP contribution in [0, 0.1) is 12.8 Å². The van der Waals surface area contributed by atoms with Crippen molar-refractivity contribution in [2.75, 3.05) is 11.9 Å². The normalized spacial score (nSPS) is 16.0. The first-order valence-electron chi connectivity index (χ1n) is 9.73. The van der Waals surface area contributed by atoms with Gasteiger partial charge < -0.3 is 15.8 Å². The van der Waals surface area contributed by atoms with Crippen molar-refractivity contribution in [3.05, 3.63) is 45.3 Å². The van der Waals surface area contributed by atoms with Crippen LogP contribution in [0.4, 0.5) is 5.00 Å². The molecule has 1 aliphatic carbocycles. The Morgan fingerprint density at radius 2 is 2.11 bits per heavy atom. The molecule has 0 saturated carbocycles. The molecule has 1 aliphatic rings. The zero-order chi connectivity index (χ0) is 20.4. The number of thiophene rings is 1. The van der Waals surface area contributed by atoms with E-state index < -0.39 is 5.91 Å². The van der Waals surface area contributed by atoms with Crippen molar-refractivity contribution in [3.8, 4) is 5.75 Å². The maximum absolute atomic E-state index is 12.5. The molecule has 0 spiro atoms. The van der Waals surface area contributed by atoms with Crippen LogP contribution in [0.5, 0.6) is 5.75 Å². The van der Waals surface area contributed by atoms with E-state index in [2.05, 4.69) is 26.1 Å². The second-order valence-corrected chi connectivity index (χ2v) is 9.06. The molecule has 0 fully saturated rings. The van der Waals surface area contributed by atoms with E-state index in [0.717, 1.165) is 46.6 Å². The Kier molecular flexibility index (Phi) is 6.08. The number of benzene rings is 1. The Balaban J connectivity index is 1.74. The summed E-state index contributed by atoms with van der Waals surface area (Å²) in [7, 11) is 0. The van der Waals surface area contributed by atoms with E-state index in [-0.39, 0.29) is 12.5 Å². The number of aryl methyl sites for hydroxylation is 1. The Morgan fingerprint density at radius 3 is 2.79 bits per heavy atom. The largest absolute Gasteiger partial charge is 0.483 e. The summed E-state index contributed by atoms with van der Waals surface area (Å²) in [5.41, 5.74) is 9.24. The molecule has 1 aromatic heterocycles. The van der Waals surface area contributed by atoms with Crippen LogP contribution < -0.4 is 15.8 Å². The molecular formula is C22H28N2O3S. The summed E-state index contributed by atoms with van der Waals surface area (Å²) in [4.78, 5) is 25.7. The fraction of sp³-hybridized carbons (Fsp3) is 0.455. The number of hydrogen-bond acceptors (Lipinski definition) is 4. The molecule has 6 heteroatoms. The van der Waals surface area contributed by atoms with E-state index in [1.165, 1.54) is 11.3 Å². The van der Waals surface area contributed by atoms with Gasteiger partial charge in [0.15, 0.2) is 6.61 Å². The summed E-state index contributed by atoms with van der Waals surface area (Å²) in [6.07, 6.45) is 2.79. The molecule has 0 saturated heterocycles. The van der Waals surface area contributed by atoms with Crippen LogP contribution in [0.15, 0.2) is 18.2 Å². The third-order valence-corrected chi connectivity index (χ3v) is 6.33. The molecule has 1 aromatic carbocycles. The molecule has 150 valence electrons. The SMILES string of the molecule is Cc1ccc(C(C)C)c(OCC(=O)Nc2sc3c(c2C(N)=O)CC[C@H](C)C3)c1. The van der Waals surface area contributed by atoms with Gasteiger partial charge in [0, 0.05) is 4.88 Å². The number of nitrogens with one attached hydrogen (secondary N) is 1. The number of fused-ring (bicyclic) bond motifs is 1. The highest BCUT2D eigenvalue weighted by Gasteiger charge is 2.27. The van der Waals surface area contributed by atoms with E-state index in [1.807, 2.05) is 25.1 Å². The molecule has 1 heterocycles. The van der Waals surface area contributed by atoms with Crippen LogP contribution in [-0.2, 0) is 17.6 Å². The van der Waals surface area contributed by atoms with Crippen molar-refractivity contribution in [2.24, 2.45) is 11.7 Å². The predicted molar refractivity (Wildman–Crippen MR) is 113 cm³/mol. The summed E-state index contributed by atoms with van der Waals surface area (Å²) < 4.78 is 5.81. The molecule has 0 radical (unpaired) electrons. The highest BCUT2D eigenvalue weighted by atomic mass is 32.1. The van der Waals surface area contributed by atoms with Crippen molar-refractivity contribution >= 4 is 28.2 Å². The lowest BCUT2D eigenvalue weighted by atomic mass is 9.88. The van der Waals surface area contributed by atoms with Crippen molar-refractivity contribution in [1.29, 1.82) is 0 Å². The van der Waals surface area contributed by atoms with Gasteiger partial charge in [-0.05, 0) is 60.8 Å². The predicted octanol–water partition coefficient (Wildman–Crippen LogP) is 4.42. The lowest BCUT2D eigenvalue weighted by Crippen LogP contribution is -2.23. The molecule has 1 atom stereocenters. The lowest BCUT2D eigenvalue weighted by Gasteiger charge is -2.18. The molecule has 2 amide bonds. The van der Waals surface area contributed by atoms with Crippen molar-refractivity contribution in [3.63, 3.8) is 0 Å². The molecule has 3 rings (SSSR count). The van der Waals surface area contributed by atoms with E-state index in [0.29, 0.717) is 22.4 Å². The van der Waals surface area contributed by atoms with Gasteiger partial charge in [-0.3, -0.25) is 9.59 Å². The number of primary amides is 1. The molecule has 5 nitrogen and oxygen atoms in total. The fourth-order valence-electron chi connectivity index (χ4n) is 3.65. The molecule has 0 unspecified atom stereocenters. The van der Waals surface area contributed by atoms with Crippen LogP contribution in [0.25, 0.3) is 0 Å². The van der Waals surface area contributed by atoms with Crippen molar-refractivity contribution in [2.45, 2.75) is 52.9 Å². The molecule has 0 bridgehead atoms. The van der Waals surface area contributed by atoms with Gasteiger partial charge in [0.2, 0.25) is 0 Å². The van der Waals surface area contributed by atoms with Crippen LogP contribution in [-0.4, -0.2) is 18.4 Å². The Hall–Kier alpha value is -2.34. The first kappa shape index (κ1) is 20.4. The summed E-state index contributed by atoms with van der Waals surface area (Å²) in [6.45, 7) is 8.27. The molecular weight excluding hydrogens is 372 g/mol. The monoisotopic (exact) mass is 400 g/mol. The minimum absolute atomic E-state index is 0.111. The number of amides is 2. The summed E-state index contributed by atoms with van der Waals surface area (Å²) >= 11 is 1.47. The van der Waals surface area contributed by atoms with Gasteiger partial charge in [-0.2, -0.15) is 0 Å². The van der Waals surface area contributed by atoms with E-state index in [4.69, 9.17) is 10.5 Å². The minimum atomic E-state index is -0.482. The number of rotatable bonds is 6. The quantitative estimate of drug-likeness (QED) is 0.753. The molecule has 0 aliphatic heterocycles. The van der Waals surface area contributed by atoms with E-state index in [1.54, 1.807) is 0 Å². The summed E-state index contributed by atoms with van der Waals surface area (Å²) in [6, 6.07) is 6.02. The average Bonchev–Trinajstić information content (AvgIpc) is 2.96. The maximum Gasteiger partial charge on any atom is 0.262 e. The van der Waals surface area contributed by atoms with Gasteiger partial charge in [-0.1, -0.05) is 32.9 Å². The highest BCUT2D eigenvalue weighted by molar-refractivity contribution is 7.17. The Labute approximate surface area is 170 Å². The number of carbonyl (C=O) groups excluding carboxylic acids is 2. The smallest absolute Gasteiger partial charge is 0.262 e. The highest BCUT2D eigenvalue weighted by Crippen LogP contribution is 2.39.